The lowest BCUT2D eigenvalue weighted by atomic mass is 10.3. The first-order valence-corrected chi connectivity index (χ1v) is 7.56. The molecule has 0 radical (unpaired) electrons. The van der Waals surface area contributed by atoms with Crippen molar-refractivity contribution in [3.63, 3.8) is 0 Å². The van der Waals surface area contributed by atoms with Gasteiger partial charge in [0.05, 0.1) is 0 Å². The van der Waals surface area contributed by atoms with E-state index in [-0.39, 0.29) is 0 Å². The Hall–Kier alpha value is -3.20. The molecule has 0 amide bonds. The van der Waals surface area contributed by atoms with Gasteiger partial charge in [-0.3, -0.25) is 0 Å². The number of nitrogens with one attached hydrogen (secondary N) is 3. The van der Waals surface area contributed by atoms with Crippen molar-refractivity contribution in [2.24, 2.45) is 0 Å². The molecule has 3 aromatic rings. The van der Waals surface area contributed by atoms with Gasteiger partial charge in [-0.2, -0.15) is 0 Å². The van der Waals surface area contributed by atoms with Crippen LogP contribution in [0.15, 0.2) is 103 Å². The fourth-order valence-electron chi connectivity index (χ4n) is 2.15. The Kier molecular flexibility index (Phi) is 4.93. The molecule has 0 saturated heterocycles. The van der Waals surface area contributed by atoms with Gasteiger partial charge in [-0.25, -0.2) is 0 Å². The third-order valence-electron chi connectivity index (χ3n) is 3.26. The second kappa shape index (κ2) is 7.71. The Morgan fingerprint density at radius 3 is 1.35 bits per heavy atom. The molecule has 0 heterocycles. The van der Waals surface area contributed by atoms with Crippen molar-refractivity contribution in [3.8, 4) is 0 Å². The fourth-order valence-corrected chi connectivity index (χ4v) is 2.15. The summed E-state index contributed by atoms with van der Waals surface area (Å²) in [5.41, 5.74) is 3.09. The highest BCUT2D eigenvalue weighted by molar-refractivity contribution is 5.57. The van der Waals surface area contributed by atoms with Crippen LogP contribution < -0.4 is 16.0 Å². The van der Waals surface area contributed by atoms with Crippen molar-refractivity contribution in [3.05, 3.63) is 103 Å². The number of hydrogen-bond donors (Lipinski definition) is 3. The van der Waals surface area contributed by atoms with E-state index in [0.29, 0.717) is 0 Å². The van der Waals surface area contributed by atoms with Gasteiger partial charge in [0.1, 0.15) is 5.82 Å². The molecule has 114 valence electrons. The number of anilines is 3. The van der Waals surface area contributed by atoms with Crippen LogP contribution in [0.25, 0.3) is 0 Å². The highest BCUT2D eigenvalue weighted by Gasteiger charge is 1.99. The second-order valence-electron chi connectivity index (χ2n) is 5.05. The Morgan fingerprint density at radius 2 is 0.913 bits per heavy atom. The normalized spacial score (nSPS) is 9.74. The minimum atomic E-state index is 0.867. The van der Waals surface area contributed by atoms with Crippen LogP contribution in [-0.4, -0.2) is 0 Å². The molecule has 0 saturated carbocycles. The second-order valence-corrected chi connectivity index (χ2v) is 5.05. The monoisotopic (exact) mass is 301 g/mol. The smallest absolute Gasteiger partial charge is 0.124 e. The van der Waals surface area contributed by atoms with Gasteiger partial charge in [-0.05, 0) is 36.4 Å². The van der Waals surface area contributed by atoms with Crippen LogP contribution >= 0.6 is 0 Å². The van der Waals surface area contributed by atoms with Gasteiger partial charge in [-0.1, -0.05) is 54.6 Å². The molecule has 0 aliphatic rings. The predicted octanol–water partition coefficient (Wildman–Crippen LogP) is 5.12. The van der Waals surface area contributed by atoms with Crippen molar-refractivity contribution in [1.82, 2.24) is 0 Å². The molecular formula is C20H19N3. The van der Waals surface area contributed by atoms with Gasteiger partial charge in [-0.15, -0.1) is 0 Å². The minimum Gasteiger partial charge on any atom is -0.359 e. The molecule has 0 fully saturated rings. The first-order valence-electron chi connectivity index (χ1n) is 7.56. The zero-order valence-electron chi connectivity index (χ0n) is 12.7. The van der Waals surface area contributed by atoms with Gasteiger partial charge in [0, 0.05) is 23.3 Å². The Balaban J connectivity index is 1.77. The predicted molar refractivity (Wildman–Crippen MR) is 98.3 cm³/mol. The van der Waals surface area contributed by atoms with Crippen LogP contribution in [0, 0.1) is 0 Å². The summed E-state index contributed by atoms with van der Waals surface area (Å²) < 4.78 is 0. The molecule has 3 nitrogen and oxygen atoms in total. The van der Waals surface area contributed by atoms with E-state index in [2.05, 4.69) is 16.0 Å². The Bertz CT molecular complexity index is 694. The number of hydrogen-bond acceptors (Lipinski definition) is 3. The van der Waals surface area contributed by atoms with E-state index in [9.17, 15) is 0 Å². The molecule has 0 spiro atoms. The third kappa shape index (κ3) is 4.64. The Morgan fingerprint density at radius 1 is 0.522 bits per heavy atom. The lowest BCUT2D eigenvalue weighted by molar-refractivity contribution is 1.34. The van der Waals surface area contributed by atoms with Crippen LogP contribution in [-0.2, 0) is 0 Å². The maximum absolute atomic E-state index is 3.39. The van der Waals surface area contributed by atoms with E-state index in [4.69, 9.17) is 0 Å². The van der Waals surface area contributed by atoms with E-state index in [0.717, 1.165) is 22.9 Å². The average molecular weight is 301 g/mol. The van der Waals surface area contributed by atoms with Crippen molar-refractivity contribution in [2.75, 3.05) is 16.0 Å². The van der Waals surface area contributed by atoms with Gasteiger partial charge >= 0.3 is 0 Å². The first kappa shape index (κ1) is 14.7. The highest BCUT2D eigenvalue weighted by atomic mass is 15.1. The van der Waals surface area contributed by atoms with E-state index in [1.807, 2.05) is 97.2 Å². The van der Waals surface area contributed by atoms with Crippen molar-refractivity contribution >= 4 is 17.1 Å². The molecule has 3 aromatic carbocycles. The summed E-state index contributed by atoms with van der Waals surface area (Å²) in [4.78, 5) is 0. The van der Waals surface area contributed by atoms with Crippen LogP contribution in [0.2, 0.25) is 0 Å². The largest absolute Gasteiger partial charge is 0.359 e. The summed E-state index contributed by atoms with van der Waals surface area (Å²) >= 11 is 0. The standard InChI is InChI=1S/C20H19N3/c1-4-10-17(11-5-1)21-16-20(22-18-12-6-2-7-13-18)23-19-14-8-3-9-15-19/h1-16,21-23H. The lowest BCUT2D eigenvalue weighted by Crippen LogP contribution is -2.11. The molecule has 0 aliphatic carbocycles. The highest BCUT2D eigenvalue weighted by Crippen LogP contribution is 2.14. The lowest BCUT2D eigenvalue weighted by Gasteiger charge is -2.14. The maximum Gasteiger partial charge on any atom is 0.124 e. The zero-order valence-corrected chi connectivity index (χ0v) is 12.7. The molecule has 3 heteroatoms. The third-order valence-corrected chi connectivity index (χ3v) is 3.26. The molecule has 0 bridgehead atoms. The summed E-state index contributed by atoms with van der Waals surface area (Å²) in [7, 11) is 0. The average Bonchev–Trinajstić information content (AvgIpc) is 2.62. The van der Waals surface area contributed by atoms with Crippen LogP contribution in [0.4, 0.5) is 17.1 Å². The molecule has 3 rings (SSSR count). The van der Waals surface area contributed by atoms with Crippen molar-refractivity contribution < 1.29 is 0 Å². The number of benzene rings is 3. The summed E-state index contributed by atoms with van der Waals surface area (Å²) in [5, 5.41) is 10.1. The van der Waals surface area contributed by atoms with Gasteiger partial charge in [0.25, 0.3) is 0 Å². The minimum absolute atomic E-state index is 0.867. The topological polar surface area (TPSA) is 36.1 Å². The van der Waals surface area contributed by atoms with Crippen LogP contribution in [0.5, 0.6) is 0 Å². The first-order chi connectivity index (χ1) is 11.4. The van der Waals surface area contributed by atoms with E-state index >= 15 is 0 Å². The Labute approximate surface area is 136 Å². The van der Waals surface area contributed by atoms with Crippen LogP contribution in [0.1, 0.15) is 0 Å². The fraction of sp³-hybridized carbons (Fsp3) is 0. The summed E-state index contributed by atoms with van der Waals surface area (Å²) in [6.07, 6.45) is 1.93. The molecule has 0 aliphatic heterocycles. The molecule has 0 unspecified atom stereocenters. The molecule has 23 heavy (non-hydrogen) atoms. The summed E-state index contributed by atoms with van der Waals surface area (Å²) in [6.45, 7) is 0. The number of para-hydroxylation sites is 3. The zero-order chi connectivity index (χ0) is 15.7. The van der Waals surface area contributed by atoms with Gasteiger partial charge in [0.2, 0.25) is 0 Å². The van der Waals surface area contributed by atoms with Crippen molar-refractivity contribution in [2.45, 2.75) is 0 Å². The van der Waals surface area contributed by atoms with Gasteiger partial charge in [0.15, 0.2) is 0 Å². The quantitative estimate of drug-likeness (QED) is 0.591. The van der Waals surface area contributed by atoms with E-state index < -0.39 is 0 Å². The maximum atomic E-state index is 3.39. The SMILES string of the molecule is C(Nc1ccccc1)=C(Nc1ccccc1)Nc1ccccc1. The molecule has 0 atom stereocenters. The molecule has 0 aromatic heterocycles. The van der Waals surface area contributed by atoms with Gasteiger partial charge < -0.3 is 16.0 Å². The van der Waals surface area contributed by atoms with Crippen molar-refractivity contribution in [1.29, 1.82) is 0 Å². The van der Waals surface area contributed by atoms with E-state index in [1.165, 1.54) is 0 Å². The molecule has 3 N–H and O–H groups in total. The number of rotatable bonds is 6. The van der Waals surface area contributed by atoms with E-state index in [1.54, 1.807) is 0 Å². The summed E-state index contributed by atoms with van der Waals surface area (Å²) in [6, 6.07) is 30.2. The summed E-state index contributed by atoms with van der Waals surface area (Å²) in [5.74, 6) is 0.867. The molecular weight excluding hydrogens is 282 g/mol. The van der Waals surface area contributed by atoms with Crippen LogP contribution in [0.3, 0.4) is 0 Å².